The van der Waals surface area contributed by atoms with E-state index in [2.05, 4.69) is 0 Å². The van der Waals surface area contributed by atoms with Gasteiger partial charge in [-0.1, -0.05) is 12.8 Å². The Labute approximate surface area is 146 Å². The third-order valence-electron chi connectivity index (χ3n) is 5.11. The highest BCUT2D eigenvalue weighted by Gasteiger charge is 2.36. The molecule has 0 heterocycles. The van der Waals surface area contributed by atoms with E-state index in [4.69, 9.17) is 15.2 Å². The Hall–Kier alpha value is -1.59. The first-order valence-electron chi connectivity index (χ1n) is 9.27. The topological polar surface area (TPSA) is 44.5 Å². The third-order valence-corrected chi connectivity index (χ3v) is 5.11. The zero-order valence-corrected chi connectivity index (χ0v) is 14.4. The first-order chi connectivity index (χ1) is 11.9. The molecular weight excluding hydrogens is 331 g/mol. The highest BCUT2D eigenvalue weighted by molar-refractivity contribution is 5.60. The molecule has 25 heavy (non-hydrogen) atoms. The fourth-order valence-electron chi connectivity index (χ4n) is 3.72. The lowest BCUT2D eigenvalue weighted by Crippen LogP contribution is -2.23. The summed E-state index contributed by atoms with van der Waals surface area (Å²) in [7, 11) is 0. The van der Waals surface area contributed by atoms with E-state index in [9.17, 15) is 13.2 Å². The fraction of sp³-hybridized carbons (Fsp3) is 0.684. The van der Waals surface area contributed by atoms with Crippen molar-refractivity contribution in [1.82, 2.24) is 0 Å². The van der Waals surface area contributed by atoms with Crippen molar-refractivity contribution in [2.24, 2.45) is 0 Å². The summed E-state index contributed by atoms with van der Waals surface area (Å²) in [5, 5.41) is 0. The average molecular weight is 357 g/mol. The molecule has 1 aromatic rings. The van der Waals surface area contributed by atoms with Gasteiger partial charge in [0.1, 0.15) is 11.5 Å². The number of anilines is 1. The molecule has 0 bridgehead atoms. The summed E-state index contributed by atoms with van der Waals surface area (Å²) in [6.45, 7) is 0. The Bertz CT molecular complexity index is 577. The molecule has 0 radical (unpaired) electrons. The molecular formula is C19H26F3NO2. The van der Waals surface area contributed by atoms with Gasteiger partial charge in [-0.05, 0) is 57.4 Å². The summed E-state index contributed by atoms with van der Waals surface area (Å²) in [4.78, 5) is 0. The highest BCUT2D eigenvalue weighted by atomic mass is 19.4. The zero-order valence-electron chi connectivity index (χ0n) is 14.4. The Morgan fingerprint density at radius 2 is 1.24 bits per heavy atom. The van der Waals surface area contributed by atoms with Gasteiger partial charge in [-0.15, -0.1) is 0 Å². The number of alkyl halides is 3. The van der Waals surface area contributed by atoms with Gasteiger partial charge in [0, 0.05) is 6.07 Å². The smallest absolute Gasteiger partial charge is 0.420 e. The first kappa shape index (κ1) is 18.2. The van der Waals surface area contributed by atoms with Crippen molar-refractivity contribution in [2.45, 2.75) is 82.6 Å². The highest BCUT2D eigenvalue weighted by Crippen LogP contribution is 2.43. The Balaban J connectivity index is 1.84. The molecule has 0 spiro atoms. The second-order valence-corrected chi connectivity index (χ2v) is 7.14. The van der Waals surface area contributed by atoms with Crippen molar-refractivity contribution in [3.63, 3.8) is 0 Å². The molecule has 2 N–H and O–H groups in total. The summed E-state index contributed by atoms with van der Waals surface area (Å²) in [5.41, 5.74) is 5.07. The van der Waals surface area contributed by atoms with E-state index >= 15 is 0 Å². The van der Waals surface area contributed by atoms with Crippen molar-refractivity contribution in [1.29, 1.82) is 0 Å². The van der Waals surface area contributed by atoms with E-state index in [0.29, 0.717) is 5.75 Å². The monoisotopic (exact) mass is 357 g/mol. The van der Waals surface area contributed by atoms with Crippen LogP contribution in [0, 0.1) is 0 Å². The second kappa shape index (κ2) is 7.75. The second-order valence-electron chi connectivity index (χ2n) is 7.14. The number of nitrogen functional groups attached to an aromatic ring is 1. The van der Waals surface area contributed by atoms with Crippen LogP contribution in [0.15, 0.2) is 12.1 Å². The molecule has 1 aromatic carbocycles. The van der Waals surface area contributed by atoms with Crippen LogP contribution in [0.25, 0.3) is 0 Å². The van der Waals surface area contributed by atoms with Crippen LogP contribution in [0.1, 0.15) is 69.8 Å². The van der Waals surface area contributed by atoms with E-state index in [0.717, 1.165) is 63.9 Å². The average Bonchev–Trinajstić information content (AvgIpc) is 2.58. The molecule has 0 saturated heterocycles. The summed E-state index contributed by atoms with van der Waals surface area (Å²) >= 11 is 0. The molecule has 0 unspecified atom stereocenters. The van der Waals surface area contributed by atoms with Gasteiger partial charge in [0.2, 0.25) is 0 Å². The quantitative estimate of drug-likeness (QED) is 0.702. The van der Waals surface area contributed by atoms with Crippen LogP contribution in [0.3, 0.4) is 0 Å². The molecule has 0 aliphatic heterocycles. The maximum Gasteiger partial charge on any atom is 0.420 e. The molecule has 3 rings (SSSR count). The molecule has 2 fully saturated rings. The maximum atomic E-state index is 13.4. The minimum absolute atomic E-state index is 0.0221. The Kier molecular flexibility index (Phi) is 5.64. The van der Waals surface area contributed by atoms with Crippen molar-refractivity contribution in [3.8, 4) is 11.5 Å². The number of benzene rings is 1. The summed E-state index contributed by atoms with van der Waals surface area (Å²) in [5.74, 6) is 0.158. The molecule has 140 valence electrons. The predicted molar refractivity (Wildman–Crippen MR) is 90.9 cm³/mol. The Morgan fingerprint density at radius 3 is 1.72 bits per heavy atom. The van der Waals surface area contributed by atoms with Gasteiger partial charge in [0.15, 0.2) is 0 Å². The lowest BCUT2D eigenvalue weighted by molar-refractivity contribution is -0.139. The number of rotatable bonds is 4. The molecule has 2 saturated carbocycles. The van der Waals surface area contributed by atoms with Crippen molar-refractivity contribution < 1.29 is 22.6 Å². The molecule has 0 amide bonds. The normalized spacial score (nSPS) is 20.4. The minimum Gasteiger partial charge on any atom is -0.490 e. The van der Waals surface area contributed by atoms with Gasteiger partial charge in [-0.2, -0.15) is 13.2 Å². The SMILES string of the molecule is Nc1cc(C(F)(F)F)c(OC2CCCCC2)cc1OC1CCCCC1. The van der Waals surface area contributed by atoms with Crippen molar-refractivity contribution in [3.05, 3.63) is 17.7 Å². The van der Waals surface area contributed by atoms with Crippen LogP contribution in [0.4, 0.5) is 18.9 Å². The molecule has 0 atom stereocenters. The largest absolute Gasteiger partial charge is 0.490 e. The van der Waals surface area contributed by atoms with Gasteiger partial charge in [0.05, 0.1) is 23.5 Å². The lowest BCUT2D eigenvalue weighted by atomic mass is 9.97. The molecule has 0 aromatic heterocycles. The van der Waals surface area contributed by atoms with Crippen LogP contribution in [-0.4, -0.2) is 12.2 Å². The van der Waals surface area contributed by atoms with Crippen molar-refractivity contribution >= 4 is 5.69 Å². The van der Waals surface area contributed by atoms with Gasteiger partial charge in [0.25, 0.3) is 0 Å². The minimum atomic E-state index is -4.50. The maximum absolute atomic E-state index is 13.4. The third kappa shape index (κ3) is 4.73. The standard InChI is InChI=1S/C19H26F3NO2/c20-19(21,22)15-11-16(23)18(25-14-9-5-2-6-10-14)12-17(15)24-13-7-3-1-4-8-13/h11-14H,1-10,23H2. The summed E-state index contributed by atoms with van der Waals surface area (Å²) < 4.78 is 51.8. The number of ether oxygens (including phenoxy) is 2. The van der Waals surface area contributed by atoms with Gasteiger partial charge >= 0.3 is 6.18 Å². The van der Waals surface area contributed by atoms with Crippen LogP contribution in [0.5, 0.6) is 11.5 Å². The van der Waals surface area contributed by atoms with E-state index in [1.54, 1.807) is 0 Å². The lowest BCUT2D eigenvalue weighted by Gasteiger charge is -2.27. The number of hydrogen-bond donors (Lipinski definition) is 1. The predicted octanol–water partition coefficient (Wildman–Crippen LogP) is 5.71. The van der Waals surface area contributed by atoms with Gasteiger partial charge < -0.3 is 15.2 Å². The number of hydrogen-bond acceptors (Lipinski definition) is 3. The van der Waals surface area contributed by atoms with E-state index in [1.807, 2.05) is 0 Å². The van der Waals surface area contributed by atoms with Gasteiger partial charge in [-0.3, -0.25) is 0 Å². The van der Waals surface area contributed by atoms with Crippen LogP contribution >= 0.6 is 0 Å². The molecule has 2 aliphatic carbocycles. The van der Waals surface area contributed by atoms with Crippen molar-refractivity contribution in [2.75, 3.05) is 5.73 Å². The van der Waals surface area contributed by atoms with Crippen LogP contribution in [0.2, 0.25) is 0 Å². The number of halogens is 3. The fourth-order valence-corrected chi connectivity index (χ4v) is 3.72. The molecule has 6 heteroatoms. The van der Waals surface area contributed by atoms with Crippen LogP contribution in [-0.2, 0) is 6.18 Å². The number of nitrogens with two attached hydrogens (primary N) is 1. The molecule has 2 aliphatic rings. The summed E-state index contributed by atoms with van der Waals surface area (Å²) in [6.07, 6.45) is 5.21. The van der Waals surface area contributed by atoms with E-state index < -0.39 is 11.7 Å². The zero-order chi connectivity index (χ0) is 17.9. The van der Waals surface area contributed by atoms with Crippen LogP contribution < -0.4 is 15.2 Å². The Morgan fingerprint density at radius 1 is 0.760 bits per heavy atom. The molecule has 3 nitrogen and oxygen atoms in total. The first-order valence-corrected chi connectivity index (χ1v) is 9.27. The van der Waals surface area contributed by atoms with E-state index in [1.165, 1.54) is 12.5 Å². The van der Waals surface area contributed by atoms with Gasteiger partial charge in [-0.25, -0.2) is 0 Å². The summed E-state index contributed by atoms with van der Waals surface area (Å²) in [6, 6.07) is 2.30. The van der Waals surface area contributed by atoms with E-state index in [-0.39, 0.29) is 23.6 Å².